The summed E-state index contributed by atoms with van der Waals surface area (Å²) in [7, 11) is 0. The first-order valence-corrected chi connectivity index (χ1v) is 11.2. The first-order valence-electron chi connectivity index (χ1n) is 10.8. The Morgan fingerprint density at radius 2 is 1.59 bits per heavy atom. The maximum atomic E-state index is 12.8. The molecule has 2 aromatic heterocycles. The fourth-order valence-corrected chi connectivity index (χ4v) is 4.28. The maximum absolute atomic E-state index is 12.8. The number of fused-ring (bicyclic) bond motifs is 2. The number of aliphatic carboxylic acids is 1. The van der Waals surface area contributed by atoms with Gasteiger partial charge >= 0.3 is 11.6 Å². The van der Waals surface area contributed by atoms with Crippen LogP contribution in [0.1, 0.15) is 33.6 Å². The van der Waals surface area contributed by atoms with Gasteiger partial charge in [0.1, 0.15) is 23.0 Å². The number of carboxylic acids is 1. The van der Waals surface area contributed by atoms with Gasteiger partial charge in [0.05, 0.1) is 12.0 Å². The van der Waals surface area contributed by atoms with Gasteiger partial charge in [-0.3, -0.25) is 4.79 Å². The van der Waals surface area contributed by atoms with E-state index in [9.17, 15) is 19.5 Å². The summed E-state index contributed by atoms with van der Waals surface area (Å²) in [5.41, 5.74) is 3.69. The van der Waals surface area contributed by atoms with Crippen LogP contribution in [0.4, 0.5) is 0 Å². The minimum absolute atomic E-state index is 0.0832. The number of carbonyl (C=O) groups excluding carboxylic acids is 1. The lowest BCUT2D eigenvalue weighted by Gasteiger charge is -2.15. The highest BCUT2D eigenvalue weighted by atomic mass is 35.5. The first-order chi connectivity index (χ1) is 16.1. The Labute approximate surface area is 200 Å². The van der Waals surface area contributed by atoms with Gasteiger partial charge in [-0.2, -0.15) is 0 Å². The van der Waals surface area contributed by atoms with Gasteiger partial charge in [0.2, 0.25) is 5.91 Å². The second-order valence-electron chi connectivity index (χ2n) is 8.50. The van der Waals surface area contributed by atoms with Crippen molar-refractivity contribution < 1.29 is 23.5 Å². The van der Waals surface area contributed by atoms with Crippen LogP contribution in [-0.2, 0) is 22.4 Å². The number of carbonyl (C=O) groups is 2. The molecule has 8 heteroatoms. The molecular weight excluding hydrogens is 458 g/mol. The highest BCUT2D eigenvalue weighted by Crippen LogP contribution is 2.34. The van der Waals surface area contributed by atoms with Crippen molar-refractivity contribution in [3.8, 4) is 0 Å². The Kier molecular flexibility index (Phi) is 6.23. The third-order valence-electron chi connectivity index (χ3n) is 6.27. The van der Waals surface area contributed by atoms with Gasteiger partial charge in [0.15, 0.2) is 0 Å². The van der Waals surface area contributed by atoms with Crippen LogP contribution >= 0.6 is 11.6 Å². The molecule has 1 atom stereocenters. The van der Waals surface area contributed by atoms with E-state index in [4.69, 9.17) is 20.4 Å². The smallest absolute Gasteiger partial charge is 0.340 e. The van der Waals surface area contributed by atoms with E-state index in [1.54, 1.807) is 31.2 Å². The number of amides is 1. The number of rotatable bonds is 6. The molecule has 0 bridgehead atoms. The molecule has 4 aromatic rings. The van der Waals surface area contributed by atoms with Gasteiger partial charge in [0, 0.05) is 27.8 Å². The van der Waals surface area contributed by atoms with Crippen molar-refractivity contribution in [2.24, 2.45) is 0 Å². The molecule has 2 heterocycles. The molecule has 0 saturated heterocycles. The van der Waals surface area contributed by atoms with E-state index in [-0.39, 0.29) is 18.4 Å². The van der Waals surface area contributed by atoms with Crippen LogP contribution in [0.5, 0.6) is 0 Å². The SMILES string of the molecule is Cc1oc2c(C)c3oc(=O)c(CC(=O)N[C@@H](Cc4ccc(Cl)cc4)C(=O)O)c(C)c3cc2c1C. The van der Waals surface area contributed by atoms with Gasteiger partial charge in [-0.15, -0.1) is 0 Å². The predicted octanol–water partition coefficient (Wildman–Crippen LogP) is 4.78. The normalized spacial score (nSPS) is 12.3. The van der Waals surface area contributed by atoms with E-state index in [0.29, 0.717) is 38.3 Å². The molecule has 0 saturated carbocycles. The average molecular weight is 482 g/mol. The Bertz CT molecular complexity index is 1500. The molecule has 2 N–H and O–H groups in total. The summed E-state index contributed by atoms with van der Waals surface area (Å²) in [6.07, 6.45) is -0.213. The number of carboxylic acid groups (broad SMARTS) is 1. The fourth-order valence-electron chi connectivity index (χ4n) is 4.16. The Morgan fingerprint density at radius 1 is 0.971 bits per heavy atom. The van der Waals surface area contributed by atoms with E-state index >= 15 is 0 Å². The average Bonchev–Trinajstić information content (AvgIpc) is 3.07. The molecule has 0 aliphatic carbocycles. The minimum atomic E-state index is -1.17. The summed E-state index contributed by atoms with van der Waals surface area (Å²) in [4.78, 5) is 37.3. The molecule has 0 aliphatic rings. The second kappa shape index (κ2) is 8.99. The number of nitrogens with one attached hydrogen (secondary N) is 1. The molecule has 2 aromatic carbocycles. The van der Waals surface area contributed by atoms with Crippen LogP contribution in [-0.4, -0.2) is 23.0 Å². The van der Waals surface area contributed by atoms with Gasteiger partial charge in [0.25, 0.3) is 0 Å². The third-order valence-corrected chi connectivity index (χ3v) is 6.52. The number of benzene rings is 2. The van der Waals surface area contributed by atoms with Gasteiger partial charge in [-0.05, 0) is 62.6 Å². The third kappa shape index (κ3) is 4.31. The summed E-state index contributed by atoms with van der Waals surface area (Å²) < 4.78 is 11.4. The Balaban J connectivity index is 1.65. The lowest BCUT2D eigenvalue weighted by Crippen LogP contribution is -2.43. The summed E-state index contributed by atoms with van der Waals surface area (Å²) in [5.74, 6) is -0.966. The monoisotopic (exact) mass is 481 g/mol. The number of furan rings is 1. The summed E-state index contributed by atoms with van der Waals surface area (Å²) >= 11 is 5.88. The zero-order valence-electron chi connectivity index (χ0n) is 19.2. The quantitative estimate of drug-likeness (QED) is 0.383. The highest BCUT2D eigenvalue weighted by Gasteiger charge is 2.24. The van der Waals surface area contributed by atoms with Crippen molar-refractivity contribution in [3.05, 3.63) is 79.4 Å². The maximum Gasteiger partial charge on any atom is 0.340 e. The summed E-state index contributed by atoms with van der Waals surface area (Å²) in [6.45, 7) is 7.43. The Morgan fingerprint density at radius 3 is 2.24 bits per heavy atom. The van der Waals surface area contributed by atoms with Crippen molar-refractivity contribution in [2.45, 2.75) is 46.6 Å². The minimum Gasteiger partial charge on any atom is -0.480 e. The number of halogens is 1. The van der Waals surface area contributed by atoms with E-state index in [2.05, 4.69) is 5.32 Å². The second-order valence-corrected chi connectivity index (χ2v) is 8.93. The van der Waals surface area contributed by atoms with Crippen molar-refractivity contribution >= 4 is 45.4 Å². The molecule has 0 unspecified atom stereocenters. The Hall–Kier alpha value is -3.58. The summed E-state index contributed by atoms with van der Waals surface area (Å²) in [5, 5.41) is 14.3. The largest absolute Gasteiger partial charge is 0.480 e. The molecule has 1 amide bonds. The summed E-state index contributed by atoms with van der Waals surface area (Å²) in [6, 6.07) is 7.47. The number of aryl methyl sites for hydroxylation is 4. The molecule has 7 nitrogen and oxygen atoms in total. The lowest BCUT2D eigenvalue weighted by molar-refractivity contribution is -0.141. The molecule has 34 heavy (non-hydrogen) atoms. The van der Waals surface area contributed by atoms with Crippen molar-refractivity contribution in [2.75, 3.05) is 0 Å². The highest BCUT2D eigenvalue weighted by molar-refractivity contribution is 6.30. The predicted molar refractivity (Wildman–Crippen MR) is 130 cm³/mol. The molecule has 176 valence electrons. The van der Waals surface area contributed by atoms with Crippen LogP contribution in [0.15, 0.2) is 44.0 Å². The van der Waals surface area contributed by atoms with E-state index in [0.717, 1.165) is 16.7 Å². The number of hydrogen-bond donors (Lipinski definition) is 2. The van der Waals surface area contributed by atoms with Crippen LogP contribution in [0, 0.1) is 27.7 Å². The molecule has 4 rings (SSSR count). The zero-order chi connectivity index (χ0) is 24.7. The van der Waals surface area contributed by atoms with Gasteiger partial charge < -0.3 is 19.3 Å². The fraction of sp³-hybridized carbons (Fsp3) is 0.269. The van der Waals surface area contributed by atoms with Crippen LogP contribution in [0.25, 0.3) is 21.9 Å². The van der Waals surface area contributed by atoms with E-state index < -0.39 is 23.5 Å². The van der Waals surface area contributed by atoms with Crippen LogP contribution in [0.2, 0.25) is 5.02 Å². The zero-order valence-corrected chi connectivity index (χ0v) is 20.0. The first kappa shape index (κ1) is 23.6. The van der Waals surface area contributed by atoms with E-state index in [1.165, 1.54) is 0 Å². The molecule has 0 fully saturated rings. The lowest BCUT2D eigenvalue weighted by atomic mass is 9.98. The van der Waals surface area contributed by atoms with Gasteiger partial charge in [-0.25, -0.2) is 9.59 Å². The van der Waals surface area contributed by atoms with Gasteiger partial charge in [-0.1, -0.05) is 23.7 Å². The van der Waals surface area contributed by atoms with Crippen molar-refractivity contribution in [3.63, 3.8) is 0 Å². The molecule has 0 radical (unpaired) electrons. The molecule has 0 aliphatic heterocycles. The van der Waals surface area contributed by atoms with Crippen molar-refractivity contribution in [1.29, 1.82) is 0 Å². The molecule has 0 spiro atoms. The van der Waals surface area contributed by atoms with Crippen molar-refractivity contribution in [1.82, 2.24) is 5.32 Å². The molecular formula is C26H24ClNO6. The van der Waals surface area contributed by atoms with Crippen LogP contribution < -0.4 is 10.9 Å². The number of hydrogen-bond acceptors (Lipinski definition) is 5. The van der Waals surface area contributed by atoms with Crippen LogP contribution in [0.3, 0.4) is 0 Å². The topological polar surface area (TPSA) is 110 Å². The van der Waals surface area contributed by atoms with E-state index in [1.807, 2.05) is 26.8 Å². The standard InChI is InChI=1S/C26H24ClNO6/c1-12-15(4)33-23-14(3)24-19(10-18(12)23)13(2)20(26(32)34-24)11-22(29)28-21(25(30)31)9-16-5-7-17(27)8-6-16/h5-8,10,21H,9,11H2,1-4H3,(H,28,29)(H,30,31)/t21-/m0/s1.